The predicted molar refractivity (Wildman–Crippen MR) is 169 cm³/mol. The van der Waals surface area contributed by atoms with Crippen molar-refractivity contribution in [2.75, 3.05) is 26.2 Å². The highest BCUT2D eigenvalue weighted by Crippen LogP contribution is 2.28. The van der Waals surface area contributed by atoms with Gasteiger partial charge in [-0.15, -0.1) is 0 Å². The molecule has 1 unspecified atom stereocenters. The number of hydrogen-bond acceptors (Lipinski definition) is 6. The maximum absolute atomic E-state index is 14.0. The van der Waals surface area contributed by atoms with Gasteiger partial charge in [-0.3, -0.25) is 9.69 Å². The number of ether oxygens (including phenoxy) is 2. The number of nitriles is 1. The van der Waals surface area contributed by atoms with Crippen LogP contribution >= 0.6 is 0 Å². The largest absolute Gasteiger partial charge is 0.473 e. The standard InChI is InChI=1S/C22H24FN3O.C9H10O.C5H10O/c1-16(2)14-26-10-8-18(9-11-26)21-4-3-5-22(25-21)27-15-19-7-6-17(13-24)12-20(19)23;1-7-3-4-9(6-10)5-8(7)2;1-2-5-3-4-6-5/h3-7,12,18H,1,8-11,14-15H2,2H3;3-6H,1-2H3;5H,2-4H2,1H3. The van der Waals surface area contributed by atoms with Crippen LogP contribution in [0.5, 0.6) is 5.88 Å². The van der Waals surface area contributed by atoms with Crippen molar-refractivity contribution in [3.05, 3.63) is 106 Å². The van der Waals surface area contributed by atoms with Gasteiger partial charge in [0.2, 0.25) is 5.88 Å². The number of piperidine rings is 1. The van der Waals surface area contributed by atoms with Gasteiger partial charge in [-0.05, 0) is 94.9 Å². The number of halogens is 1. The molecule has 2 aliphatic rings. The molecule has 1 atom stereocenters. The van der Waals surface area contributed by atoms with Crippen LogP contribution in [-0.4, -0.2) is 48.5 Å². The van der Waals surface area contributed by atoms with E-state index in [1.807, 2.05) is 50.2 Å². The van der Waals surface area contributed by atoms with E-state index in [-0.39, 0.29) is 6.61 Å². The van der Waals surface area contributed by atoms with Crippen molar-refractivity contribution in [2.45, 2.75) is 72.0 Å². The van der Waals surface area contributed by atoms with Crippen LogP contribution in [-0.2, 0) is 11.3 Å². The molecule has 3 heterocycles. The minimum Gasteiger partial charge on any atom is -0.473 e. The summed E-state index contributed by atoms with van der Waals surface area (Å²) in [5, 5.41) is 8.81. The van der Waals surface area contributed by atoms with Gasteiger partial charge < -0.3 is 9.47 Å². The lowest BCUT2D eigenvalue weighted by Gasteiger charge is -2.31. The van der Waals surface area contributed by atoms with Crippen molar-refractivity contribution in [3.63, 3.8) is 0 Å². The van der Waals surface area contributed by atoms with Crippen LogP contribution in [0.4, 0.5) is 4.39 Å². The van der Waals surface area contributed by atoms with Crippen molar-refractivity contribution >= 4 is 6.29 Å². The molecule has 228 valence electrons. The number of nitrogens with zero attached hydrogens (tertiary/aromatic N) is 3. The van der Waals surface area contributed by atoms with Gasteiger partial charge in [-0.25, -0.2) is 9.37 Å². The lowest BCUT2D eigenvalue weighted by molar-refractivity contribution is -0.0516. The van der Waals surface area contributed by atoms with Gasteiger partial charge >= 0.3 is 0 Å². The second kappa shape index (κ2) is 17.3. The third kappa shape index (κ3) is 11.1. The number of rotatable bonds is 8. The molecule has 1 aromatic heterocycles. The number of benzene rings is 2. The molecular formula is C36H44FN3O3. The minimum atomic E-state index is -0.435. The number of aromatic nitrogens is 1. The van der Waals surface area contributed by atoms with E-state index in [1.54, 1.807) is 18.2 Å². The third-order valence-electron chi connectivity index (χ3n) is 7.72. The molecule has 0 saturated carbocycles. The Balaban J connectivity index is 0.000000256. The highest BCUT2D eigenvalue weighted by molar-refractivity contribution is 5.75. The smallest absolute Gasteiger partial charge is 0.213 e. The highest BCUT2D eigenvalue weighted by Gasteiger charge is 2.22. The van der Waals surface area contributed by atoms with Crippen molar-refractivity contribution in [3.8, 4) is 11.9 Å². The first-order valence-electron chi connectivity index (χ1n) is 15.0. The summed E-state index contributed by atoms with van der Waals surface area (Å²) < 4.78 is 24.8. The number of pyridine rings is 1. The van der Waals surface area contributed by atoms with Crippen LogP contribution < -0.4 is 4.74 Å². The fraction of sp³-hybridized carbons (Fsp3) is 0.417. The SMILES string of the molecule is C=C(C)CN1CCC(c2cccc(OCc3ccc(C#N)cc3F)n2)CC1.CCC1CCO1.Cc1ccc(C=O)cc1C. The molecular weight excluding hydrogens is 541 g/mol. The minimum absolute atomic E-state index is 0.0883. The van der Waals surface area contributed by atoms with E-state index in [9.17, 15) is 9.18 Å². The van der Waals surface area contributed by atoms with E-state index in [0.29, 0.717) is 29.0 Å². The maximum Gasteiger partial charge on any atom is 0.213 e. The average Bonchev–Trinajstić information content (AvgIpc) is 2.98. The van der Waals surface area contributed by atoms with E-state index in [0.717, 1.165) is 56.6 Å². The highest BCUT2D eigenvalue weighted by atomic mass is 19.1. The Labute approximate surface area is 256 Å². The normalized spacial score (nSPS) is 16.3. The van der Waals surface area contributed by atoms with Gasteiger partial charge in [0.25, 0.3) is 0 Å². The lowest BCUT2D eigenvalue weighted by atomic mass is 9.93. The molecule has 0 bridgehead atoms. The lowest BCUT2D eigenvalue weighted by Crippen LogP contribution is -2.34. The molecule has 0 spiro atoms. The fourth-order valence-electron chi connectivity index (χ4n) is 4.84. The van der Waals surface area contributed by atoms with Gasteiger partial charge in [0.1, 0.15) is 18.7 Å². The first-order valence-corrected chi connectivity index (χ1v) is 15.0. The molecule has 0 amide bonds. The van der Waals surface area contributed by atoms with Crippen molar-refractivity contribution in [1.82, 2.24) is 9.88 Å². The average molecular weight is 586 g/mol. The molecule has 0 N–H and O–H groups in total. The van der Waals surface area contributed by atoms with Crippen molar-refractivity contribution in [1.29, 1.82) is 5.26 Å². The van der Waals surface area contributed by atoms with E-state index in [4.69, 9.17) is 14.7 Å². The van der Waals surface area contributed by atoms with E-state index < -0.39 is 5.82 Å². The van der Waals surface area contributed by atoms with Crippen molar-refractivity contribution < 1.29 is 18.7 Å². The molecule has 0 radical (unpaired) electrons. The van der Waals surface area contributed by atoms with Gasteiger partial charge in [-0.1, -0.05) is 43.3 Å². The van der Waals surface area contributed by atoms with Crippen molar-refractivity contribution in [2.24, 2.45) is 0 Å². The number of carbonyl (C=O) groups excluding carboxylic acids is 1. The first kappa shape index (κ1) is 33.6. The Kier molecular flexibility index (Phi) is 13.5. The van der Waals surface area contributed by atoms with Crippen LogP contribution in [0.25, 0.3) is 0 Å². The van der Waals surface area contributed by atoms with Crippen LogP contribution in [0, 0.1) is 31.0 Å². The molecule has 2 saturated heterocycles. The molecule has 3 aromatic rings. The van der Waals surface area contributed by atoms with Gasteiger partial charge in [0, 0.05) is 42.0 Å². The summed E-state index contributed by atoms with van der Waals surface area (Å²) in [6, 6.07) is 17.8. The van der Waals surface area contributed by atoms with Crippen LogP contribution in [0.1, 0.15) is 83.8 Å². The first-order chi connectivity index (χ1) is 20.7. The summed E-state index contributed by atoms with van der Waals surface area (Å²) in [4.78, 5) is 17.3. The van der Waals surface area contributed by atoms with Gasteiger partial charge in [0.15, 0.2) is 0 Å². The Morgan fingerprint density at radius 2 is 1.88 bits per heavy atom. The monoisotopic (exact) mass is 585 g/mol. The predicted octanol–water partition coefficient (Wildman–Crippen LogP) is 7.73. The Bertz CT molecular complexity index is 1390. The summed E-state index contributed by atoms with van der Waals surface area (Å²) in [7, 11) is 0. The summed E-state index contributed by atoms with van der Waals surface area (Å²) in [5.74, 6) is 0.484. The summed E-state index contributed by atoms with van der Waals surface area (Å²) in [6.45, 7) is 16.4. The maximum atomic E-state index is 14.0. The summed E-state index contributed by atoms with van der Waals surface area (Å²) in [5.41, 5.74) is 6.08. The zero-order valence-corrected chi connectivity index (χ0v) is 25.9. The topological polar surface area (TPSA) is 75.4 Å². The number of carbonyl (C=O) groups is 1. The number of likely N-dealkylation sites (tertiary alicyclic amines) is 1. The van der Waals surface area contributed by atoms with Gasteiger partial charge in [0.05, 0.1) is 17.7 Å². The molecule has 0 aliphatic carbocycles. The molecule has 7 heteroatoms. The van der Waals surface area contributed by atoms with Crippen LogP contribution in [0.3, 0.4) is 0 Å². The Hall–Kier alpha value is -3.86. The zero-order valence-electron chi connectivity index (χ0n) is 25.9. The molecule has 2 aromatic carbocycles. The molecule has 5 rings (SSSR count). The number of aldehydes is 1. The fourth-order valence-corrected chi connectivity index (χ4v) is 4.84. The quantitative estimate of drug-likeness (QED) is 0.199. The molecule has 43 heavy (non-hydrogen) atoms. The zero-order chi connectivity index (χ0) is 31.2. The van der Waals surface area contributed by atoms with E-state index in [2.05, 4.69) is 30.3 Å². The van der Waals surface area contributed by atoms with E-state index in [1.165, 1.54) is 35.6 Å². The van der Waals surface area contributed by atoms with Gasteiger partial charge in [-0.2, -0.15) is 5.26 Å². The number of hydrogen-bond donors (Lipinski definition) is 0. The third-order valence-corrected chi connectivity index (χ3v) is 7.72. The number of aryl methyl sites for hydroxylation is 2. The Morgan fingerprint density at radius 1 is 1.14 bits per heavy atom. The Morgan fingerprint density at radius 3 is 2.42 bits per heavy atom. The molecule has 2 fully saturated rings. The van der Waals surface area contributed by atoms with Crippen LogP contribution in [0.2, 0.25) is 0 Å². The summed E-state index contributed by atoms with van der Waals surface area (Å²) in [6.07, 6.45) is 6.09. The second-order valence-corrected chi connectivity index (χ2v) is 11.3. The molecule has 2 aliphatic heterocycles. The molecule has 6 nitrogen and oxygen atoms in total. The van der Waals surface area contributed by atoms with E-state index >= 15 is 0 Å². The van der Waals surface area contributed by atoms with Crippen LogP contribution in [0.15, 0.2) is 66.7 Å². The second-order valence-electron chi connectivity index (χ2n) is 11.3. The summed E-state index contributed by atoms with van der Waals surface area (Å²) >= 11 is 0.